The highest BCUT2D eigenvalue weighted by Crippen LogP contribution is 2.34. The van der Waals surface area contributed by atoms with Crippen molar-refractivity contribution < 1.29 is 19.2 Å². The number of fused-ring (bicyclic) bond motifs is 1. The van der Waals surface area contributed by atoms with Crippen molar-refractivity contribution in [2.75, 3.05) is 27.3 Å². The molecule has 1 aliphatic heterocycles. The number of amides is 1. The van der Waals surface area contributed by atoms with Gasteiger partial charge >= 0.3 is 0 Å². The first-order chi connectivity index (χ1) is 13.9. The number of nitrogens with one attached hydrogen (secondary N) is 2. The average Bonchev–Trinajstić information content (AvgIpc) is 2.73. The summed E-state index contributed by atoms with van der Waals surface area (Å²) < 4.78 is 11.1. The minimum absolute atomic E-state index is 0.0241. The van der Waals surface area contributed by atoms with Crippen LogP contribution < -0.4 is 19.7 Å². The Balaban J connectivity index is 1.91. The summed E-state index contributed by atoms with van der Waals surface area (Å²) in [7, 11) is 3.34. The molecule has 156 valence electrons. The normalized spacial score (nSPS) is 18.3. The Bertz CT molecular complexity index is 846. The van der Waals surface area contributed by atoms with Crippen molar-refractivity contribution in [2.24, 2.45) is 5.92 Å². The number of rotatable bonds is 7. The fourth-order valence-electron chi connectivity index (χ4n) is 4.01. The fraction of sp³-hybridized carbons (Fsp3) is 0.458. The van der Waals surface area contributed by atoms with E-state index in [-0.39, 0.29) is 17.9 Å². The summed E-state index contributed by atoms with van der Waals surface area (Å²) in [5, 5.41) is 3.15. The van der Waals surface area contributed by atoms with Gasteiger partial charge in [-0.15, -0.1) is 0 Å². The molecule has 1 amide bonds. The molecule has 29 heavy (non-hydrogen) atoms. The summed E-state index contributed by atoms with van der Waals surface area (Å²) >= 11 is 0. The van der Waals surface area contributed by atoms with Crippen molar-refractivity contribution in [1.82, 2.24) is 5.32 Å². The Morgan fingerprint density at radius 2 is 1.79 bits per heavy atom. The number of methoxy groups -OCH3 is 2. The van der Waals surface area contributed by atoms with Gasteiger partial charge in [0.2, 0.25) is 5.91 Å². The molecular weight excluding hydrogens is 364 g/mol. The highest BCUT2D eigenvalue weighted by molar-refractivity contribution is 5.77. The third kappa shape index (κ3) is 4.91. The molecule has 2 atom stereocenters. The third-order valence-electron chi connectivity index (χ3n) is 5.79. The molecule has 0 bridgehead atoms. The molecule has 0 aliphatic carbocycles. The third-order valence-corrected chi connectivity index (χ3v) is 5.79. The number of carbonyl (C=O) groups excluding carboxylic acids is 1. The number of hydrogen-bond donors (Lipinski definition) is 2. The van der Waals surface area contributed by atoms with Gasteiger partial charge in [-0.1, -0.05) is 43.7 Å². The minimum atomic E-state index is -0.0241. The van der Waals surface area contributed by atoms with Crippen LogP contribution in [0.2, 0.25) is 0 Å². The van der Waals surface area contributed by atoms with Gasteiger partial charge in [0.15, 0.2) is 11.5 Å². The number of ether oxygens (including phenoxy) is 2. The fourth-order valence-corrected chi connectivity index (χ4v) is 4.01. The van der Waals surface area contributed by atoms with Gasteiger partial charge in [0.25, 0.3) is 0 Å². The second-order valence-corrected chi connectivity index (χ2v) is 8.18. The minimum Gasteiger partial charge on any atom is -0.493 e. The van der Waals surface area contributed by atoms with Crippen LogP contribution in [-0.2, 0) is 17.8 Å². The molecule has 3 rings (SSSR count). The smallest absolute Gasteiger partial charge is 0.222 e. The van der Waals surface area contributed by atoms with E-state index in [9.17, 15) is 4.79 Å². The summed E-state index contributed by atoms with van der Waals surface area (Å²) in [6.07, 6.45) is 0.978. The SMILES string of the molecule is COc1cc2c(cc1OC)[C@H](CNC(=O)C(C)C)[NH+](Cc1ccc(C)cc1)CC2. The Hall–Kier alpha value is -2.53. The molecule has 0 spiro atoms. The van der Waals surface area contributed by atoms with Crippen molar-refractivity contribution in [2.45, 2.75) is 39.8 Å². The quantitative estimate of drug-likeness (QED) is 0.755. The molecular formula is C24H33N2O3+. The molecule has 1 heterocycles. The summed E-state index contributed by atoms with van der Waals surface area (Å²) in [6.45, 7) is 8.51. The number of benzene rings is 2. The van der Waals surface area contributed by atoms with Crippen molar-refractivity contribution >= 4 is 5.91 Å². The number of hydrogen-bond acceptors (Lipinski definition) is 3. The van der Waals surface area contributed by atoms with Crippen LogP contribution in [0.5, 0.6) is 11.5 Å². The van der Waals surface area contributed by atoms with E-state index in [1.54, 1.807) is 14.2 Å². The van der Waals surface area contributed by atoms with E-state index in [4.69, 9.17) is 9.47 Å². The van der Waals surface area contributed by atoms with Crippen LogP contribution >= 0.6 is 0 Å². The first kappa shape index (κ1) is 21.2. The molecule has 1 unspecified atom stereocenters. The van der Waals surface area contributed by atoms with Gasteiger partial charge < -0.3 is 19.7 Å². The average molecular weight is 398 g/mol. The van der Waals surface area contributed by atoms with E-state index in [2.05, 4.69) is 48.6 Å². The lowest BCUT2D eigenvalue weighted by Gasteiger charge is -2.35. The van der Waals surface area contributed by atoms with E-state index < -0.39 is 0 Å². The van der Waals surface area contributed by atoms with Crippen LogP contribution in [0.4, 0.5) is 0 Å². The monoisotopic (exact) mass is 397 g/mol. The maximum absolute atomic E-state index is 12.3. The lowest BCUT2D eigenvalue weighted by Crippen LogP contribution is -3.12. The Morgan fingerprint density at radius 3 is 2.41 bits per heavy atom. The van der Waals surface area contributed by atoms with Crippen LogP contribution in [-0.4, -0.2) is 33.2 Å². The summed E-state index contributed by atoms with van der Waals surface area (Å²) in [6, 6.07) is 13.1. The Labute approximate surface area is 174 Å². The molecule has 0 fully saturated rings. The standard InChI is InChI=1S/C24H32N2O3/c1-16(2)24(27)25-14-21-20-13-23(29-5)22(28-4)12-19(20)10-11-26(21)15-18-8-6-17(3)7-9-18/h6-9,12-13,16,21H,10-11,14-15H2,1-5H3,(H,25,27)/p+1/t21-/m0/s1. The van der Waals surface area contributed by atoms with Crippen molar-refractivity contribution in [3.8, 4) is 11.5 Å². The lowest BCUT2D eigenvalue weighted by atomic mass is 9.91. The van der Waals surface area contributed by atoms with Gasteiger partial charge in [0.1, 0.15) is 12.6 Å². The second kappa shape index (κ2) is 9.31. The number of carbonyl (C=O) groups is 1. The zero-order chi connectivity index (χ0) is 21.0. The topological polar surface area (TPSA) is 52.0 Å². The number of quaternary nitrogens is 1. The van der Waals surface area contributed by atoms with E-state index >= 15 is 0 Å². The molecule has 0 radical (unpaired) electrons. The maximum atomic E-state index is 12.3. The summed E-state index contributed by atoms with van der Waals surface area (Å²) in [5.41, 5.74) is 5.10. The molecule has 5 heteroatoms. The zero-order valence-electron chi connectivity index (χ0n) is 18.2. The highest BCUT2D eigenvalue weighted by atomic mass is 16.5. The van der Waals surface area contributed by atoms with E-state index in [1.165, 1.54) is 27.2 Å². The molecule has 0 saturated carbocycles. The lowest BCUT2D eigenvalue weighted by molar-refractivity contribution is -0.945. The van der Waals surface area contributed by atoms with E-state index in [0.29, 0.717) is 6.54 Å². The van der Waals surface area contributed by atoms with Gasteiger partial charge in [-0.3, -0.25) is 4.79 Å². The molecule has 2 aromatic carbocycles. The van der Waals surface area contributed by atoms with Crippen LogP contribution in [0, 0.1) is 12.8 Å². The van der Waals surface area contributed by atoms with Crippen LogP contribution in [0.15, 0.2) is 36.4 Å². The first-order valence-corrected chi connectivity index (χ1v) is 10.4. The van der Waals surface area contributed by atoms with Crippen LogP contribution in [0.25, 0.3) is 0 Å². The molecule has 2 N–H and O–H groups in total. The predicted molar refractivity (Wildman–Crippen MR) is 115 cm³/mol. The first-order valence-electron chi connectivity index (χ1n) is 10.4. The van der Waals surface area contributed by atoms with Crippen molar-refractivity contribution in [3.63, 3.8) is 0 Å². The highest BCUT2D eigenvalue weighted by Gasteiger charge is 2.33. The van der Waals surface area contributed by atoms with Crippen LogP contribution in [0.1, 0.15) is 42.1 Å². The largest absolute Gasteiger partial charge is 0.493 e. The van der Waals surface area contributed by atoms with Gasteiger partial charge in [0, 0.05) is 23.5 Å². The second-order valence-electron chi connectivity index (χ2n) is 8.18. The van der Waals surface area contributed by atoms with Gasteiger partial charge in [-0.25, -0.2) is 0 Å². The van der Waals surface area contributed by atoms with E-state index in [0.717, 1.165) is 31.0 Å². The zero-order valence-corrected chi connectivity index (χ0v) is 18.2. The van der Waals surface area contributed by atoms with E-state index in [1.807, 2.05) is 13.8 Å². The van der Waals surface area contributed by atoms with Gasteiger partial charge in [-0.2, -0.15) is 0 Å². The molecule has 0 saturated heterocycles. The van der Waals surface area contributed by atoms with Crippen LogP contribution in [0.3, 0.4) is 0 Å². The summed E-state index contributed by atoms with van der Waals surface area (Å²) in [5.74, 6) is 1.57. The molecule has 0 aromatic heterocycles. The molecule has 1 aliphatic rings. The predicted octanol–water partition coefficient (Wildman–Crippen LogP) is 2.47. The Morgan fingerprint density at radius 1 is 1.14 bits per heavy atom. The van der Waals surface area contributed by atoms with Crippen molar-refractivity contribution in [1.29, 1.82) is 0 Å². The van der Waals surface area contributed by atoms with Gasteiger partial charge in [0.05, 0.1) is 27.3 Å². The molecule has 5 nitrogen and oxygen atoms in total. The maximum Gasteiger partial charge on any atom is 0.222 e. The van der Waals surface area contributed by atoms with Gasteiger partial charge in [-0.05, 0) is 24.6 Å². The molecule has 2 aromatic rings. The van der Waals surface area contributed by atoms with Crippen molar-refractivity contribution in [3.05, 3.63) is 58.7 Å². The number of aryl methyl sites for hydroxylation is 1. The summed E-state index contributed by atoms with van der Waals surface area (Å²) in [4.78, 5) is 13.7. The Kier molecular flexibility index (Phi) is 6.80.